The highest BCUT2D eigenvalue weighted by Crippen LogP contribution is 2.24. The molecule has 0 aromatic heterocycles. The molecule has 0 amide bonds. The van der Waals surface area contributed by atoms with Gasteiger partial charge in [-0.3, -0.25) is 4.31 Å². The van der Waals surface area contributed by atoms with E-state index in [2.05, 4.69) is 0 Å². The summed E-state index contributed by atoms with van der Waals surface area (Å²) in [5.74, 6) is -0.484. The van der Waals surface area contributed by atoms with Crippen molar-refractivity contribution in [2.45, 2.75) is 13.5 Å². The maximum absolute atomic E-state index is 13.4. The van der Waals surface area contributed by atoms with E-state index in [9.17, 15) is 12.8 Å². The molecule has 2 N–H and O–H groups in total. The van der Waals surface area contributed by atoms with E-state index in [0.29, 0.717) is 5.69 Å². The van der Waals surface area contributed by atoms with Crippen molar-refractivity contribution in [2.75, 3.05) is 17.1 Å². The zero-order chi connectivity index (χ0) is 12.3. The van der Waals surface area contributed by atoms with Gasteiger partial charge in [-0.05, 0) is 19.1 Å². The van der Waals surface area contributed by atoms with E-state index in [-0.39, 0.29) is 18.7 Å². The number of sulfonamides is 1. The third kappa shape index (κ3) is 2.51. The minimum atomic E-state index is -3.41. The van der Waals surface area contributed by atoms with Crippen molar-refractivity contribution in [2.24, 2.45) is 5.73 Å². The van der Waals surface area contributed by atoms with Crippen molar-refractivity contribution in [3.8, 4) is 0 Å². The Morgan fingerprint density at radius 1 is 1.44 bits per heavy atom. The normalized spacial score (nSPS) is 11.5. The van der Waals surface area contributed by atoms with Gasteiger partial charge < -0.3 is 5.73 Å². The number of benzene rings is 1. The quantitative estimate of drug-likeness (QED) is 0.864. The summed E-state index contributed by atoms with van der Waals surface area (Å²) in [4.78, 5) is 0. The Balaban J connectivity index is 3.36. The summed E-state index contributed by atoms with van der Waals surface area (Å²) in [6, 6.07) is 4.29. The van der Waals surface area contributed by atoms with Crippen LogP contribution in [0.4, 0.5) is 10.1 Å². The van der Waals surface area contributed by atoms with Gasteiger partial charge in [0.1, 0.15) is 5.82 Å². The van der Waals surface area contributed by atoms with Crippen LogP contribution in [0.3, 0.4) is 0 Å². The number of nitrogens with two attached hydrogens (primary N) is 1. The second-order valence-corrected chi connectivity index (χ2v) is 5.28. The Bertz CT molecular complexity index is 474. The summed E-state index contributed by atoms with van der Waals surface area (Å²) in [5, 5.41) is 0. The minimum absolute atomic E-state index is 0.0337. The van der Waals surface area contributed by atoms with Gasteiger partial charge in [-0.2, -0.15) is 0 Å². The minimum Gasteiger partial charge on any atom is -0.326 e. The lowest BCUT2D eigenvalue weighted by atomic mass is 10.1. The van der Waals surface area contributed by atoms with E-state index in [1.165, 1.54) is 12.1 Å². The Morgan fingerprint density at radius 2 is 2.06 bits per heavy atom. The van der Waals surface area contributed by atoms with Gasteiger partial charge in [-0.25, -0.2) is 12.8 Å². The highest BCUT2D eigenvalue weighted by molar-refractivity contribution is 7.92. The maximum atomic E-state index is 13.4. The van der Waals surface area contributed by atoms with Crippen LogP contribution in [-0.2, 0) is 16.6 Å². The molecule has 0 radical (unpaired) electrons. The first-order valence-corrected chi connectivity index (χ1v) is 6.71. The number of rotatable bonds is 4. The average molecular weight is 246 g/mol. The number of hydrogen-bond acceptors (Lipinski definition) is 3. The van der Waals surface area contributed by atoms with Crippen LogP contribution in [0.1, 0.15) is 12.5 Å². The molecule has 16 heavy (non-hydrogen) atoms. The van der Waals surface area contributed by atoms with E-state index < -0.39 is 15.8 Å². The Kier molecular flexibility index (Phi) is 3.88. The summed E-state index contributed by atoms with van der Waals surface area (Å²) in [6.07, 6.45) is 1.09. The maximum Gasteiger partial charge on any atom is 0.232 e. The summed E-state index contributed by atoms with van der Waals surface area (Å²) in [7, 11) is -3.41. The van der Waals surface area contributed by atoms with Crippen LogP contribution in [0.5, 0.6) is 0 Å². The number of hydrogen-bond donors (Lipinski definition) is 1. The Morgan fingerprint density at radius 3 is 2.50 bits per heavy atom. The molecule has 6 heteroatoms. The molecule has 0 fully saturated rings. The molecule has 0 unspecified atom stereocenters. The van der Waals surface area contributed by atoms with Crippen molar-refractivity contribution in [3.05, 3.63) is 29.6 Å². The highest BCUT2D eigenvalue weighted by atomic mass is 32.2. The third-order valence-corrected chi connectivity index (χ3v) is 3.51. The van der Waals surface area contributed by atoms with E-state index in [1.807, 2.05) is 0 Å². The molecule has 4 nitrogen and oxygen atoms in total. The van der Waals surface area contributed by atoms with Crippen molar-refractivity contribution >= 4 is 15.7 Å². The first-order valence-electron chi connectivity index (χ1n) is 4.87. The lowest BCUT2D eigenvalue weighted by molar-refractivity contribution is 0.595. The molecule has 0 aliphatic rings. The first kappa shape index (κ1) is 12.9. The zero-order valence-electron chi connectivity index (χ0n) is 9.27. The lowest BCUT2D eigenvalue weighted by Gasteiger charge is -2.23. The fourth-order valence-corrected chi connectivity index (χ4v) is 2.56. The molecule has 0 aliphatic carbocycles. The molecule has 0 heterocycles. The predicted molar refractivity (Wildman–Crippen MR) is 62.2 cm³/mol. The molecule has 1 aromatic carbocycles. The van der Waals surface area contributed by atoms with E-state index in [1.54, 1.807) is 13.0 Å². The molecule has 0 aliphatic heterocycles. The standard InChI is InChI=1S/C10H15FN2O2S/c1-3-13(16(2,14)15)10-6-4-5-9(11)8(10)7-12/h4-6H,3,7,12H2,1-2H3. The van der Waals surface area contributed by atoms with Gasteiger partial charge in [-0.15, -0.1) is 0 Å². The predicted octanol–water partition coefficient (Wildman–Crippen LogP) is 1.07. The van der Waals surface area contributed by atoms with Crippen molar-refractivity contribution in [3.63, 3.8) is 0 Å². The van der Waals surface area contributed by atoms with Crippen molar-refractivity contribution in [1.29, 1.82) is 0 Å². The van der Waals surface area contributed by atoms with Gasteiger partial charge in [0.2, 0.25) is 10.0 Å². The Labute approximate surface area is 94.9 Å². The SMILES string of the molecule is CCN(c1cccc(F)c1CN)S(C)(=O)=O. The molecule has 0 spiro atoms. The van der Waals surface area contributed by atoms with Crippen LogP contribution in [-0.4, -0.2) is 21.2 Å². The van der Waals surface area contributed by atoms with Crippen LogP contribution in [0.15, 0.2) is 18.2 Å². The molecule has 90 valence electrons. The molecule has 0 atom stereocenters. The lowest BCUT2D eigenvalue weighted by Crippen LogP contribution is -2.31. The van der Waals surface area contributed by atoms with Gasteiger partial charge in [0.05, 0.1) is 11.9 Å². The number of anilines is 1. The highest BCUT2D eigenvalue weighted by Gasteiger charge is 2.19. The van der Waals surface area contributed by atoms with Crippen LogP contribution in [0.2, 0.25) is 0 Å². The topological polar surface area (TPSA) is 63.4 Å². The largest absolute Gasteiger partial charge is 0.326 e. The summed E-state index contributed by atoms with van der Waals surface area (Å²) in [6.45, 7) is 1.90. The molecule has 1 aromatic rings. The van der Waals surface area contributed by atoms with E-state index in [0.717, 1.165) is 10.6 Å². The van der Waals surface area contributed by atoms with E-state index in [4.69, 9.17) is 5.73 Å². The summed E-state index contributed by atoms with van der Waals surface area (Å²) < 4.78 is 37.6. The van der Waals surface area contributed by atoms with Gasteiger partial charge in [0.25, 0.3) is 0 Å². The van der Waals surface area contributed by atoms with Gasteiger partial charge in [0.15, 0.2) is 0 Å². The third-order valence-electron chi connectivity index (χ3n) is 2.25. The first-order chi connectivity index (χ1) is 7.41. The average Bonchev–Trinajstić information content (AvgIpc) is 2.17. The second kappa shape index (κ2) is 4.80. The Hall–Kier alpha value is -1.14. The van der Waals surface area contributed by atoms with Gasteiger partial charge in [-0.1, -0.05) is 6.07 Å². The summed E-state index contributed by atoms with van der Waals surface area (Å²) >= 11 is 0. The van der Waals surface area contributed by atoms with E-state index >= 15 is 0 Å². The van der Waals surface area contributed by atoms with Crippen LogP contribution >= 0.6 is 0 Å². The number of halogens is 1. The fraction of sp³-hybridized carbons (Fsp3) is 0.400. The van der Waals surface area contributed by atoms with Crippen LogP contribution in [0, 0.1) is 5.82 Å². The molecule has 1 rings (SSSR count). The van der Waals surface area contributed by atoms with Gasteiger partial charge >= 0.3 is 0 Å². The second-order valence-electron chi connectivity index (χ2n) is 3.37. The van der Waals surface area contributed by atoms with Gasteiger partial charge in [0, 0.05) is 18.7 Å². The zero-order valence-corrected chi connectivity index (χ0v) is 10.1. The monoisotopic (exact) mass is 246 g/mol. The molecular formula is C10H15FN2O2S. The fourth-order valence-electron chi connectivity index (χ4n) is 1.57. The molecule has 0 saturated carbocycles. The van der Waals surface area contributed by atoms with Crippen LogP contribution < -0.4 is 10.0 Å². The molecule has 0 bridgehead atoms. The smallest absolute Gasteiger partial charge is 0.232 e. The van der Waals surface area contributed by atoms with Crippen molar-refractivity contribution in [1.82, 2.24) is 0 Å². The van der Waals surface area contributed by atoms with Crippen LogP contribution in [0.25, 0.3) is 0 Å². The number of nitrogens with zero attached hydrogens (tertiary/aromatic N) is 1. The van der Waals surface area contributed by atoms with Crippen molar-refractivity contribution < 1.29 is 12.8 Å². The summed E-state index contributed by atoms with van der Waals surface area (Å²) in [5.41, 5.74) is 5.96. The molecular weight excluding hydrogens is 231 g/mol. The molecule has 0 saturated heterocycles.